The molecule has 0 saturated heterocycles. The van der Waals surface area contributed by atoms with Crippen molar-refractivity contribution in [2.24, 2.45) is 0 Å². The minimum atomic E-state index is -4.07. The van der Waals surface area contributed by atoms with Crippen LogP contribution in [0.3, 0.4) is 0 Å². The Kier molecular flexibility index (Phi) is 13.8. The molecular weight excluding hydrogens is 693 g/mol. The highest BCUT2D eigenvalue weighted by Gasteiger charge is 2.42. The molecule has 1 aliphatic heterocycles. The van der Waals surface area contributed by atoms with Crippen molar-refractivity contribution in [3.8, 4) is 11.5 Å². The van der Waals surface area contributed by atoms with Crippen molar-refractivity contribution in [1.29, 1.82) is 0 Å². The van der Waals surface area contributed by atoms with Gasteiger partial charge in [-0.3, -0.25) is 9.59 Å². The van der Waals surface area contributed by atoms with Gasteiger partial charge in [-0.1, -0.05) is 76.8 Å². The van der Waals surface area contributed by atoms with E-state index in [1.54, 1.807) is 13.0 Å². The predicted octanol–water partition coefficient (Wildman–Crippen LogP) is 6.37. The van der Waals surface area contributed by atoms with E-state index >= 15 is 0 Å². The van der Waals surface area contributed by atoms with Crippen LogP contribution in [0.4, 0.5) is 11.4 Å². The van der Waals surface area contributed by atoms with Gasteiger partial charge in [0, 0.05) is 21.2 Å². The van der Waals surface area contributed by atoms with E-state index in [1.807, 2.05) is 36.6 Å². The number of carbonyl (C=O) groups excluding carboxylic acids is 2. The molecule has 0 unspecified atom stereocenters. The van der Waals surface area contributed by atoms with Crippen molar-refractivity contribution in [3.63, 3.8) is 0 Å². The summed E-state index contributed by atoms with van der Waals surface area (Å²) in [5.74, 6) is -2.57. The second kappa shape index (κ2) is 17.8. The van der Waals surface area contributed by atoms with Gasteiger partial charge in [0.15, 0.2) is 6.61 Å². The Labute approximate surface area is 307 Å². The van der Waals surface area contributed by atoms with Crippen molar-refractivity contribution >= 4 is 50.9 Å². The molecule has 0 radical (unpaired) electrons. The third-order valence-corrected chi connectivity index (χ3v) is 11.3. The van der Waals surface area contributed by atoms with Gasteiger partial charge < -0.3 is 30.5 Å². The third-order valence-electron chi connectivity index (χ3n) is 8.90. The van der Waals surface area contributed by atoms with Crippen LogP contribution in [0.2, 0.25) is 0 Å². The van der Waals surface area contributed by atoms with Gasteiger partial charge in [-0.15, -0.1) is 11.8 Å². The summed E-state index contributed by atoms with van der Waals surface area (Å²) < 4.78 is 37.6. The highest BCUT2D eigenvalue weighted by Crippen LogP contribution is 2.44. The van der Waals surface area contributed by atoms with E-state index in [1.165, 1.54) is 42.1 Å². The van der Waals surface area contributed by atoms with Gasteiger partial charge in [0.1, 0.15) is 28.5 Å². The first-order valence-corrected chi connectivity index (χ1v) is 19.9. The summed E-state index contributed by atoms with van der Waals surface area (Å²) in [6.45, 7) is 5.64. The van der Waals surface area contributed by atoms with E-state index in [0.29, 0.717) is 35.5 Å². The summed E-state index contributed by atoms with van der Waals surface area (Å²) in [5.41, 5.74) is 0.933. The number of amides is 2. The number of benzene rings is 3. The number of nitrogens with zero attached hydrogens (tertiary/aromatic N) is 1. The number of phenols is 1. The van der Waals surface area contributed by atoms with Crippen molar-refractivity contribution in [2.75, 3.05) is 24.3 Å². The number of carboxylic acids is 1. The Bertz CT molecular complexity index is 1780. The molecule has 14 heteroatoms. The minimum Gasteiger partial charge on any atom is -0.508 e. The number of thioether (sulfide) groups is 1. The Morgan fingerprint density at radius 3 is 2.22 bits per heavy atom. The lowest BCUT2D eigenvalue weighted by molar-refractivity contribution is -0.142. The monoisotopic (exact) mass is 744 g/mol. The number of aliphatic carboxylic acids is 1. The molecule has 0 spiro atoms. The smallest absolute Gasteiger partial charge is 0.326 e. The summed E-state index contributed by atoms with van der Waals surface area (Å²) in [5, 5.41) is 24.3. The molecular formula is C37H52N4O8S2. The molecule has 12 nitrogen and oxygen atoms in total. The average molecular weight is 745 g/mol. The zero-order valence-electron chi connectivity index (χ0n) is 29.5. The van der Waals surface area contributed by atoms with Crippen LogP contribution in [0.1, 0.15) is 80.2 Å². The molecule has 0 aliphatic carbocycles. The van der Waals surface area contributed by atoms with E-state index in [4.69, 9.17) is 4.74 Å². The quantitative estimate of drug-likeness (QED) is 0.0978. The summed E-state index contributed by atoms with van der Waals surface area (Å²) in [4.78, 5) is 40.8. The number of anilines is 2. The molecule has 0 saturated carbocycles. The normalized spacial score (nSPS) is 15.9. The molecule has 5 N–H and O–H groups in total. The lowest BCUT2D eigenvalue weighted by Gasteiger charge is -2.37. The number of fused-ring (bicyclic) bond motifs is 1. The summed E-state index contributed by atoms with van der Waals surface area (Å²) in [6.07, 6.45) is 6.81. The fourth-order valence-corrected chi connectivity index (χ4v) is 8.35. The molecule has 51 heavy (non-hydrogen) atoms. The number of hydrogen-bond donors (Lipinski definition) is 5. The molecule has 3 aromatic rings. The van der Waals surface area contributed by atoms with Crippen LogP contribution in [0.25, 0.3) is 0 Å². The number of sulfonamides is 1. The van der Waals surface area contributed by atoms with Crippen LogP contribution in [-0.2, 0) is 24.4 Å². The van der Waals surface area contributed by atoms with Gasteiger partial charge in [0.2, 0.25) is 15.9 Å². The van der Waals surface area contributed by atoms with Crippen LogP contribution in [0.5, 0.6) is 11.5 Å². The first kappa shape index (κ1) is 39.5. The topological polar surface area (TPSA) is 174 Å². The number of para-hydroxylation sites is 1. The van der Waals surface area contributed by atoms with E-state index in [0.717, 1.165) is 31.4 Å². The largest absolute Gasteiger partial charge is 0.508 e. The average Bonchev–Trinajstić information content (AvgIpc) is 3.21. The van der Waals surface area contributed by atoms with Crippen molar-refractivity contribution < 1.29 is 40.6 Å². The number of ether oxygens (including phenoxy) is 1. The van der Waals surface area contributed by atoms with E-state index in [-0.39, 0.29) is 25.7 Å². The SMILES string of the molecule is CCCCC1(CCCC)CN(c2ccccc2)c2cc(SC)c(OCC(=O)N[C@@H](C(=O)N[C@@H](CC)C(=O)O)c3ccc(O)cc3)cc2S(=O)(=O)N1.[HH].[HH]. The molecule has 280 valence electrons. The lowest BCUT2D eigenvalue weighted by Crippen LogP contribution is -2.53. The molecule has 1 heterocycles. The minimum absolute atomic E-state index is 0. The molecule has 2 atom stereocenters. The molecule has 3 aromatic carbocycles. The van der Waals surface area contributed by atoms with Crippen molar-refractivity contribution in [3.05, 3.63) is 72.3 Å². The molecule has 0 bridgehead atoms. The van der Waals surface area contributed by atoms with Gasteiger partial charge in [-0.25, -0.2) is 17.9 Å². The zero-order chi connectivity index (χ0) is 37.2. The second-order valence-corrected chi connectivity index (χ2v) is 15.2. The molecule has 2 amide bonds. The molecule has 0 aromatic heterocycles. The highest BCUT2D eigenvalue weighted by molar-refractivity contribution is 7.98. The number of hydrogen-bond acceptors (Lipinski definition) is 9. The van der Waals surface area contributed by atoms with Gasteiger partial charge in [0.05, 0.1) is 16.1 Å². The van der Waals surface area contributed by atoms with Gasteiger partial charge >= 0.3 is 5.97 Å². The maximum Gasteiger partial charge on any atom is 0.326 e. The van der Waals surface area contributed by atoms with E-state index in [2.05, 4.69) is 34.1 Å². The standard InChI is InChI=1S/C37H48N4O8S2.2H2/c1-5-8-19-37(20-9-6-2)24-41(26-13-11-10-12-14-26)29-21-31(50-4)30(22-32(29)51(47,48)40-37)49-23-33(43)39-34(25-15-17-27(42)18-16-25)35(44)38-28(7-3)36(45)46;;/h10-18,21-22,28,34,40,42H,5-9,19-20,23-24H2,1-4H3,(H,38,44)(H,39,43)(H,45,46);2*1H/t28-,34+;;/m0../s1. The van der Waals surface area contributed by atoms with Crippen LogP contribution < -0.4 is 25.0 Å². The van der Waals surface area contributed by atoms with E-state index in [9.17, 15) is 33.0 Å². The molecule has 1 aliphatic rings. The maximum absolute atomic E-state index is 14.3. The Hall–Kier alpha value is -4.27. The second-order valence-electron chi connectivity index (χ2n) is 12.7. The number of aromatic hydroxyl groups is 1. The van der Waals surface area contributed by atoms with Gasteiger partial charge in [-0.05, 0) is 61.4 Å². The number of carbonyl (C=O) groups is 3. The number of rotatable bonds is 17. The summed E-state index contributed by atoms with van der Waals surface area (Å²) >= 11 is 1.34. The van der Waals surface area contributed by atoms with Gasteiger partial charge in [-0.2, -0.15) is 0 Å². The van der Waals surface area contributed by atoms with E-state index < -0.39 is 52.0 Å². The first-order chi connectivity index (χ1) is 24.4. The number of phenolic OH excluding ortho intramolecular Hbond substituents is 1. The Morgan fingerprint density at radius 2 is 1.65 bits per heavy atom. The zero-order valence-corrected chi connectivity index (χ0v) is 31.1. The van der Waals surface area contributed by atoms with Crippen molar-refractivity contribution in [1.82, 2.24) is 15.4 Å². The fraction of sp³-hybridized carbons (Fsp3) is 0.432. The number of carboxylic acid groups (broad SMARTS) is 1. The van der Waals surface area contributed by atoms with Crippen LogP contribution in [0, 0.1) is 0 Å². The maximum atomic E-state index is 14.3. The summed E-state index contributed by atoms with van der Waals surface area (Å²) in [6, 6.07) is 16.0. The van der Waals surface area contributed by atoms with Crippen LogP contribution in [0.15, 0.2) is 76.5 Å². The third kappa shape index (κ3) is 9.95. The Morgan fingerprint density at radius 1 is 1.00 bits per heavy atom. The predicted molar refractivity (Wildman–Crippen MR) is 202 cm³/mol. The van der Waals surface area contributed by atoms with Crippen LogP contribution >= 0.6 is 11.8 Å². The number of nitrogens with one attached hydrogen (secondary N) is 3. The first-order valence-electron chi connectivity index (χ1n) is 17.2. The highest BCUT2D eigenvalue weighted by atomic mass is 32.2. The van der Waals surface area contributed by atoms with Crippen LogP contribution in [-0.4, -0.2) is 67.4 Å². The Balaban J connectivity index is 0.00000486. The number of unbranched alkanes of at least 4 members (excludes halogenated alkanes) is 2. The summed E-state index contributed by atoms with van der Waals surface area (Å²) in [7, 11) is -4.07. The van der Waals surface area contributed by atoms with Gasteiger partial charge in [0.25, 0.3) is 5.91 Å². The fourth-order valence-electron chi connectivity index (χ4n) is 6.15. The molecule has 0 fully saturated rings. The van der Waals surface area contributed by atoms with Crippen molar-refractivity contribution in [2.45, 2.75) is 93.1 Å². The molecule has 4 rings (SSSR count). The lowest BCUT2D eigenvalue weighted by atomic mass is 9.87.